The smallest absolute Gasteiger partial charge is 0.355 e. The molecular formula is C16H23N3O3. The van der Waals surface area contributed by atoms with Gasteiger partial charge in [-0.1, -0.05) is 0 Å². The van der Waals surface area contributed by atoms with Crippen LogP contribution in [0.1, 0.15) is 38.2 Å². The van der Waals surface area contributed by atoms with E-state index in [-0.39, 0.29) is 24.6 Å². The van der Waals surface area contributed by atoms with Gasteiger partial charge in [0.2, 0.25) is 5.91 Å². The fourth-order valence-electron chi connectivity index (χ4n) is 2.40. The van der Waals surface area contributed by atoms with Gasteiger partial charge in [0.05, 0.1) is 17.1 Å². The average Bonchev–Trinajstić information content (AvgIpc) is 2.89. The van der Waals surface area contributed by atoms with Crippen LogP contribution in [0.15, 0.2) is 18.3 Å². The number of rotatable bonds is 5. The first kappa shape index (κ1) is 16.1. The topological polar surface area (TPSA) is 65.3 Å². The minimum atomic E-state index is -0.413. The first-order valence-electron chi connectivity index (χ1n) is 7.44. The predicted octanol–water partition coefficient (Wildman–Crippen LogP) is 2.07. The number of nitrogens with one attached hydrogen (secondary N) is 1. The molecule has 0 aromatic carbocycles. The van der Waals surface area contributed by atoms with Crippen molar-refractivity contribution in [3.8, 4) is 0 Å². The molecule has 1 amide bonds. The normalized spacial score (nSPS) is 11.4. The third kappa shape index (κ3) is 3.32. The third-order valence-electron chi connectivity index (χ3n) is 3.26. The van der Waals surface area contributed by atoms with E-state index in [1.165, 1.54) is 0 Å². The van der Waals surface area contributed by atoms with Crippen LogP contribution in [0, 0.1) is 0 Å². The molecule has 1 N–H and O–H groups in total. The zero-order valence-corrected chi connectivity index (χ0v) is 13.7. The van der Waals surface area contributed by atoms with Gasteiger partial charge in [-0.25, -0.2) is 4.79 Å². The Morgan fingerprint density at radius 1 is 1.23 bits per heavy atom. The van der Waals surface area contributed by atoms with Crippen LogP contribution in [-0.2, 0) is 23.1 Å². The number of aryl methyl sites for hydroxylation is 1. The van der Waals surface area contributed by atoms with Crippen LogP contribution in [0.4, 0.5) is 0 Å². The molecule has 0 aliphatic carbocycles. The molecule has 0 aliphatic heterocycles. The van der Waals surface area contributed by atoms with Gasteiger partial charge in [0.1, 0.15) is 12.2 Å². The van der Waals surface area contributed by atoms with E-state index >= 15 is 0 Å². The second-order valence-electron chi connectivity index (χ2n) is 5.99. The summed E-state index contributed by atoms with van der Waals surface area (Å²) in [5.74, 6) is -0.543. The molecule has 2 heterocycles. The number of amides is 1. The van der Waals surface area contributed by atoms with Gasteiger partial charge < -0.3 is 19.2 Å². The first-order chi connectivity index (χ1) is 10.3. The van der Waals surface area contributed by atoms with E-state index in [2.05, 4.69) is 5.32 Å². The van der Waals surface area contributed by atoms with Crippen LogP contribution in [0.5, 0.6) is 0 Å². The van der Waals surface area contributed by atoms with Crippen molar-refractivity contribution in [2.24, 2.45) is 7.05 Å². The van der Waals surface area contributed by atoms with Gasteiger partial charge in [-0.15, -0.1) is 0 Å². The van der Waals surface area contributed by atoms with E-state index in [9.17, 15) is 9.59 Å². The Morgan fingerprint density at radius 2 is 1.91 bits per heavy atom. The zero-order valence-electron chi connectivity index (χ0n) is 13.7. The summed E-state index contributed by atoms with van der Waals surface area (Å²) in [7, 11) is 1.90. The van der Waals surface area contributed by atoms with E-state index in [0.29, 0.717) is 5.69 Å². The van der Waals surface area contributed by atoms with E-state index in [1.54, 1.807) is 24.5 Å². The molecule has 0 radical (unpaired) electrons. The zero-order chi connectivity index (χ0) is 16.4. The first-order valence-corrected chi connectivity index (χ1v) is 7.44. The van der Waals surface area contributed by atoms with Crippen molar-refractivity contribution in [1.29, 1.82) is 0 Å². The van der Waals surface area contributed by atoms with Crippen LogP contribution in [-0.4, -0.2) is 33.2 Å². The van der Waals surface area contributed by atoms with Gasteiger partial charge in [-0.3, -0.25) is 4.79 Å². The fourth-order valence-corrected chi connectivity index (χ4v) is 2.40. The summed E-state index contributed by atoms with van der Waals surface area (Å²) in [6.45, 7) is 7.50. The van der Waals surface area contributed by atoms with Crippen LogP contribution in [0.3, 0.4) is 0 Å². The van der Waals surface area contributed by atoms with E-state index in [4.69, 9.17) is 4.74 Å². The molecule has 2 aromatic rings. The molecule has 0 bridgehead atoms. The number of esters is 1. The molecule has 0 aliphatic rings. The molecule has 0 saturated heterocycles. The molecule has 0 spiro atoms. The molecule has 120 valence electrons. The number of ether oxygens (including phenoxy) is 1. The van der Waals surface area contributed by atoms with Crippen LogP contribution in [0.25, 0.3) is 11.0 Å². The number of hydrogen-bond donors (Lipinski definition) is 1. The van der Waals surface area contributed by atoms with E-state index in [1.807, 2.05) is 37.7 Å². The Morgan fingerprint density at radius 3 is 2.50 bits per heavy atom. The molecule has 0 unspecified atom stereocenters. The molecule has 6 nitrogen and oxygen atoms in total. The van der Waals surface area contributed by atoms with Gasteiger partial charge in [0.15, 0.2) is 0 Å². The van der Waals surface area contributed by atoms with E-state index in [0.717, 1.165) is 11.0 Å². The molecule has 0 saturated carbocycles. The van der Waals surface area contributed by atoms with Crippen molar-refractivity contribution in [3.05, 3.63) is 24.0 Å². The summed E-state index contributed by atoms with van der Waals surface area (Å²) in [6.07, 6.45) is 1.70. The van der Waals surface area contributed by atoms with Crippen molar-refractivity contribution >= 4 is 22.9 Å². The number of carbonyl (C=O) groups is 2. The highest BCUT2D eigenvalue weighted by Crippen LogP contribution is 2.21. The number of nitrogens with zero attached hydrogens (tertiary/aromatic N) is 2. The Hall–Kier alpha value is -2.24. The third-order valence-corrected chi connectivity index (χ3v) is 3.26. The summed E-state index contributed by atoms with van der Waals surface area (Å²) in [5.41, 5.74) is 2.14. The molecule has 2 aromatic heterocycles. The van der Waals surface area contributed by atoms with Crippen molar-refractivity contribution < 1.29 is 14.3 Å². The fraction of sp³-hybridized carbons (Fsp3) is 0.500. The minimum Gasteiger partial charge on any atom is -0.458 e. The molecule has 2 rings (SSSR count). The molecule has 0 atom stereocenters. The molecule has 6 heteroatoms. The van der Waals surface area contributed by atoms with Crippen molar-refractivity contribution in [2.45, 2.75) is 46.4 Å². The van der Waals surface area contributed by atoms with Crippen molar-refractivity contribution in [1.82, 2.24) is 14.5 Å². The highest BCUT2D eigenvalue weighted by atomic mass is 16.5. The lowest BCUT2D eigenvalue weighted by atomic mass is 10.3. The highest BCUT2D eigenvalue weighted by molar-refractivity contribution is 5.96. The summed E-state index contributed by atoms with van der Waals surface area (Å²) in [4.78, 5) is 24.4. The standard InChI is InChI=1S/C16H23N3O3/c1-10(2)17-15(20)9-19-12-6-7-18(5)13(12)8-14(19)16(21)22-11(3)4/h6-8,10-11H,9H2,1-5H3,(H,17,20). The lowest BCUT2D eigenvalue weighted by Crippen LogP contribution is -2.33. The maximum atomic E-state index is 12.3. The average molecular weight is 305 g/mol. The molecule has 0 fully saturated rings. The van der Waals surface area contributed by atoms with E-state index < -0.39 is 5.97 Å². The summed E-state index contributed by atoms with van der Waals surface area (Å²) >= 11 is 0. The Labute approximate surface area is 130 Å². The highest BCUT2D eigenvalue weighted by Gasteiger charge is 2.21. The Balaban J connectivity index is 2.40. The Kier molecular flexibility index (Phi) is 4.59. The number of aromatic nitrogens is 2. The van der Waals surface area contributed by atoms with Gasteiger partial charge >= 0.3 is 5.97 Å². The lowest BCUT2D eigenvalue weighted by molar-refractivity contribution is -0.122. The lowest BCUT2D eigenvalue weighted by Gasteiger charge is -2.13. The van der Waals surface area contributed by atoms with Gasteiger partial charge in [-0.05, 0) is 39.8 Å². The summed E-state index contributed by atoms with van der Waals surface area (Å²) < 4.78 is 8.90. The number of fused-ring (bicyclic) bond motifs is 1. The number of hydrogen-bond acceptors (Lipinski definition) is 3. The van der Waals surface area contributed by atoms with Gasteiger partial charge in [0, 0.05) is 19.3 Å². The van der Waals surface area contributed by atoms with Gasteiger partial charge in [-0.2, -0.15) is 0 Å². The predicted molar refractivity (Wildman–Crippen MR) is 84.7 cm³/mol. The Bertz CT molecular complexity index is 695. The summed E-state index contributed by atoms with van der Waals surface area (Å²) in [5, 5.41) is 2.84. The largest absolute Gasteiger partial charge is 0.458 e. The van der Waals surface area contributed by atoms with Gasteiger partial charge in [0.25, 0.3) is 0 Å². The van der Waals surface area contributed by atoms with Crippen LogP contribution < -0.4 is 5.32 Å². The van der Waals surface area contributed by atoms with Crippen molar-refractivity contribution in [3.63, 3.8) is 0 Å². The monoisotopic (exact) mass is 305 g/mol. The molecule has 22 heavy (non-hydrogen) atoms. The minimum absolute atomic E-state index is 0.0559. The maximum absolute atomic E-state index is 12.3. The van der Waals surface area contributed by atoms with Crippen molar-refractivity contribution in [2.75, 3.05) is 0 Å². The summed E-state index contributed by atoms with van der Waals surface area (Å²) in [6, 6.07) is 3.72. The number of carbonyl (C=O) groups excluding carboxylic acids is 2. The molecular weight excluding hydrogens is 282 g/mol. The SMILES string of the molecule is CC(C)NC(=O)Cn1c(C(=O)OC(C)C)cc2c1ccn2C. The second-order valence-corrected chi connectivity index (χ2v) is 5.99. The van der Waals surface area contributed by atoms with Crippen LogP contribution in [0.2, 0.25) is 0 Å². The second kappa shape index (κ2) is 6.25. The van der Waals surface area contributed by atoms with Crippen LogP contribution >= 0.6 is 0 Å². The maximum Gasteiger partial charge on any atom is 0.355 e. The quantitative estimate of drug-likeness (QED) is 0.860.